The molecule has 2 aromatic carbocycles. The SMILES string of the molecule is N#C/C(=C/Nc1cccc(S(=O)(=O)O)c1)C(=O)Nc1ccccc1C#N. The van der Waals surface area contributed by atoms with Crippen LogP contribution >= 0.6 is 0 Å². The highest BCUT2D eigenvalue weighted by Crippen LogP contribution is 2.17. The summed E-state index contributed by atoms with van der Waals surface area (Å²) >= 11 is 0. The van der Waals surface area contributed by atoms with Gasteiger partial charge in [0.1, 0.15) is 17.7 Å². The van der Waals surface area contributed by atoms with Crippen molar-refractivity contribution in [1.82, 2.24) is 0 Å². The summed E-state index contributed by atoms with van der Waals surface area (Å²) in [5.41, 5.74) is 0.453. The first kappa shape index (κ1) is 18.7. The van der Waals surface area contributed by atoms with E-state index in [0.29, 0.717) is 0 Å². The van der Waals surface area contributed by atoms with E-state index in [-0.39, 0.29) is 27.4 Å². The quantitative estimate of drug-likeness (QED) is 0.417. The first-order chi connectivity index (χ1) is 12.3. The van der Waals surface area contributed by atoms with Crippen LogP contribution in [0.15, 0.2) is 65.2 Å². The minimum Gasteiger partial charge on any atom is -0.360 e. The zero-order valence-electron chi connectivity index (χ0n) is 13.2. The number of hydrogen-bond donors (Lipinski definition) is 3. The first-order valence-corrected chi connectivity index (χ1v) is 8.54. The highest BCUT2D eigenvalue weighted by Gasteiger charge is 2.12. The van der Waals surface area contributed by atoms with E-state index in [1.54, 1.807) is 18.2 Å². The van der Waals surface area contributed by atoms with Crippen molar-refractivity contribution in [1.29, 1.82) is 10.5 Å². The fraction of sp³-hybridized carbons (Fsp3) is 0. The lowest BCUT2D eigenvalue weighted by Crippen LogP contribution is -2.15. The molecule has 8 nitrogen and oxygen atoms in total. The Hall–Kier alpha value is -3.66. The van der Waals surface area contributed by atoms with Gasteiger partial charge in [0.2, 0.25) is 0 Å². The minimum atomic E-state index is -4.37. The summed E-state index contributed by atoms with van der Waals surface area (Å²) < 4.78 is 31.3. The Morgan fingerprint density at radius 1 is 1.12 bits per heavy atom. The predicted octanol–water partition coefficient (Wildman–Crippen LogP) is 2.26. The van der Waals surface area contributed by atoms with E-state index in [4.69, 9.17) is 15.1 Å². The van der Waals surface area contributed by atoms with Gasteiger partial charge >= 0.3 is 0 Å². The van der Waals surface area contributed by atoms with Crippen LogP contribution in [-0.2, 0) is 14.9 Å². The van der Waals surface area contributed by atoms with Gasteiger partial charge in [-0.25, -0.2) is 0 Å². The van der Waals surface area contributed by atoms with Crippen LogP contribution in [-0.4, -0.2) is 18.9 Å². The number of nitriles is 2. The van der Waals surface area contributed by atoms with Gasteiger partial charge in [-0.2, -0.15) is 18.9 Å². The highest BCUT2D eigenvalue weighted by molar-refractivity contribution is 7.85. The number of nitrogens with one attached hydrogen (secondary N) is 2. The van der Waals surface area contributed by atoms with Gasteiger partial charge < -0.3 is 10.6 Å². The maximum atomic E-state index is 12.2. The van der Waals surface area contributed by atoms with Gasteiger partial charge in [-0.3, -0.25) is 9.35 Å². The van der Waals surface area contributed by atoms with Crippen LogP contribution in [0, 0.1) is 22.7 Å². The standard InChI is InChI=1S/C17H12N4O4S/c18-9-12-4-1-2-7-16(12)21-17(22)13(10-19)11-20-14-5-3-6-15(8-14)26(23,24)25/h1-8,11,20H,(H,21,22)(H,23,24,25)/b13-11-. The van der Waals surface area contributed by atoms with E-state index in [2.05, 4.69) is 10.6 Å². The molecule has 0 saturated heterocycles. The van der Waals surface area contributed by atoms with Crippen molar-refractivity contribution in [3.8, 4) is 12.1 Å². The van der Waals surface area contributed by atoms with Crippen molar-refractivity contribution in [2.45, 2.75) is 4.90 Å². The third-order valence-corrected chi connectivity index (χ3v) is 4.03. The average Bonchev–Trinajstić information content (AvgIpc) is 2.62. The molecule has 2 rings (SSSR count). The fourth-order valence-electron chi connectivity index (χ4n) is 1.93. The number of rotatable bonds is 5. The van der Waals surface area contributed by atoms with Crippen LogP contribution < -0.4 is 10.6 Å². The normalized spacial score (nSPS) is 11.1. The average molecular weight is 368 g/mol. The Morgan fingerprint density at radius 3 is 2.50 bits per heavy atom. The maximum Gasteiger partial charge on any atom is 0.294 e. The number of hydrogen-bond acceptors (Lipinski definition) is 6. The van der Waals surface area contributed by atoms with Gasteiger partial charge in [0, 0.05) is 11.9 Å². The molecule has 3 N–H and O–H groups in total. The van der Waals surface area contributed by atoms with E-state index in [9.17, 15) is 13.2 Å². The van der Waals surface area contributed by atoms with E-state index >= 15 is 0 Å². The fourth-order valence-corrected chi connectivity index (χ4v) is 2.46. The number of carbonyl (C=O) groups is 1. The van der Waals surface area contributed by atoms with Crippen LogP contribution in [0.5, 0.6) is 0 Å². The second-order valence-corrected chi connectivity index (χ2v) is 6.35. The van der Waals surface area contributed by atoms with Crippen LogP contribution in [0.1, 0.15) is 5.56 Å². The second kappa shape index (κ2) is 7.94. The summed E-state index contributed by atoms with van der Waals surface area (Å²) in [6.45, 7) is 0. The molecule has 9 heteroatoms. The summed E-state index contributed by atoms with van der Waals surface area (Å²) in [6.07, 6.45) is 1.09. The van der Waals surface area contributed by atoms with Gasteiger partial charge in [-0.15, -0.1) is 0 Å². The van der Waals surface area contributed by atoms with Crippen molar-refractivity contribution < 1.29 is 17.8 Å². The Labute approximate surface area is 149 Å². The second-order valence-electron chi connectivity index (χ2n) is 4.93. The lowest BCUT2D eigenvalue weighted by Gasteiger charge is -2.07. The molecule has 1 amide bonds. The van der Waals surface area contributed by atoms with Crippen LogP contribution in [0.4, 0.5) is 11.4 Å². The smallest absolute Gasteiger partial charge is 0.294 e. The first-order valence-electron chi connectivity index (χ1n) is 7.10. The molecule has 0 aliphatic carbocycles. The number of benzene rings is 2. The number of nitrogens with zero attached hydrogens (tertiary/aromatic N) is 2. The molecular formula is C17H12N4O4S. The lowest BCUT2D eigenvalue weighted by atomic mass is 10.2. The molecule has 130 valence electrons. The van der Waals surface area contributed by atoms with Gasteiger partial charge in [-0.05, 0) is 30.3 Å². The van der Waals surface area contributed by atoms with E-state index < -0.39 is 16.0 Å². The molecule has 0 aliphatic heterocycles. The van der Waals surface area contributed by atoms with Crippen molar-refractivity contribution in [3.63, 3.8) is 0 Å². The molecule has 0 heterocycles. The topological polar surface area (TPSA) is 143 Å². The predicted molar refractivity (Wildman–Crippen MR) is 93.4 cm³/mol. The minimum absolute atomic E-state index is 0.243. The van der Waals surface area contributed by atoms with Crippen molar-refractivity contribution >= 4 is 27.4 Å². The number of amides is 1. The van der Waals surface area contributed by atoms with E-state index in [1.165, 1.54) is 30.3 Å². The van der Waals surface area contributed by atoms with Crippen LogP contribution in [0.2, 0.25) is 0 Å². The Morgan fingerprint density at radius 2 is 1.85 bits per heavy atom. The largest absolute Gasteiger partial charge is 0.360 e. The molecule has 0 aromatic heterocycles. The number of anilines is 2. The Balaban J connectivity index is 2.19. The van der Waals surface area contributed by atoms with Crippen molar-refractivity contribution in [2.75, 3.05) is 10.6 Å². The maximum absolute atomic E-state index is 12.2. The molecule has 0 atom stereocenters. The molecule has 0 unspecified atom stereocenters. The monoisotopic (exact) mass is 368 g/mol. The van der Waals surface area contributed by atoms with Crippen molar-refractivity contribution in [2.24, 2.45) is 0 Å². The van der Waals surface area contributed by atoms with Gasteiger partial charge in [0.15, 0.2) is 0 Å². The van der Waals surface area contributed by atoms with Gasteiger partial charge in [-0.1, -0.05) is 18.2 Å². The molecular weight excluding hydrogens is 356 g/mol. The lowest BCUT2D eigenvalue weighted by molar-refractivity contribution is -0.112. The summed E-state index contributed by atoms with van der Waals surface area (Å²) in [5, 5.41) is 23.2. The molecule has 0 bridgehead atoms. The Kier molecular flexibility index (Phi) is 5.71. The molecule has 0 aliphatic rings. The molecule has 26 heavy (non-hydrogen) atoms. The third kappa shape index (κ3) is 4.68. The zero-order valence-corrected chi connectivity index (χ0v) is 14.0. The molecule has 0 radical (unpaired) electrons. The zero-order chi connectivity index (χ0) is 19.2. The van der Waals surface area contributed by atoms with E-state index in [1.807, 2.05) is 6.07 Å². The van der Waals surface area contributed by atoms with Crippen LogP contribution in [0.3, 0.4) is 0 Å². The molecule has 2 aromatic rings. The summed E-state index contributed by atoms with van der Waals surface area (Å²) in [6, 6.07) is 15.2. The van der Waals surface area contributed by atoms with E-state index in [0.717, 1.165) is 12.3 Å². The van der Waals surface area contributed by atoms with Crippen LogP contribution in [0.25, 0.3) is 0 Å². The summed E-state index contributed by atoms with van der Waals surface area (Å²) in [7, 11) is -4.37. The molecule has 0 spiro atoms. The van der Waals surface area contributed by atoms with Gasteiger partial charge in [0.05, 0.1) is 16.1 Å². The number of para-hydroxylation sites is 1. The highest BCUT2D eigenvalue weighted by atomic mass is 32.2. The number of carbonyl (C=O) groups excluding carboxylic acids is 1. The third-order valence-electron chi connectivity index (χ3n) is 3.18. The Bertz CT molecular complexity index is 1060. The van der Waals surface area contributed by atoms with Gasteiger partial charge in [0.25, 0.3) is 16.0 Å². The summed E-state index contributed by atoms with van der Waals surface area (Å²) in [5.74, 6) is -0.742. The molecule has 0 fully saturated rings. The summed E-state index contributed by atoms with van der Waals surface area (Å²) in [4.78, 5) is 11.8. The molecule has 0 saturated carbocycles. The van der Waals surface area contributed by atoms with Crippen molar-refractivity contribution in [3.05, 3.63) is 65.9 Å².